The molecule has 0 atom stereocenters. The van der Waals surface area contributed by atoms with E-state index < -0.39 is 5.54 Å². The molecule has 0 saturated heterocycles. The van der Waals surface area contributed by atoms with Crippen molar-refractivity contribution in [3.8, 4) is 37.0 Å². The standard InChI is InChI=1S/C28H45NO4S/c1-5-9-10-11-12-13-14-15-16-17-22-34-23-18-27(30)29-28(24-31-19-6-2,25-32-20-7-3)26-33-21-8-4/h2-4H,5,9-26H2,1H3,(H,29,30). The van der Waals surface area contributed by atoms with Crippen molar-refractivity contribution in [3.63, 3.8) is 0 Å². The van der Waals surface area contributed by atoms with E-state index in [0.29, 0.717) is 6.42 Å². The number of terminal acetylenes is 3. The summed E-state index contributed by atoms with van der Waals surface area (Å²) in [5.74, 6) is 9.03. The number of amides is 1. The number of carbonyl (C=O) groups excluding carboxylic acids is 1. The fourth-order valence-electron chi connectivity index (χ4n) is 3.47. The Bertz CT molecular complexity index is 567. The second kappa shape index (κ2) is 24.5. The van der Waals surface area contributed by atoms with E-state index in [-0.39, 0.29) is 45.5 Å². The fraction of sp³-hybridized carbons (Fsp3) is 0.750. The third-order valence-electron chi connectivity index (χ3n) is 5.21. The average Bonchev–Trinajstić information content (AvgIpc) is 2.82. The molecule has 6 heteroatoms. The second-order valence-corrected chi connectivity index (χ2v) is 9.69. The highest BCUT2D eigenvalue weighted by Crippen LogP contribution is 2.14. The highest BCUT2D eigenvalue weighted by molar-refractivity contribution is 7.99. The van der Waals surface area contributed by atoms with Crippen molar-refractivity contribution >= 4 is 17.7 Å². The number of ether oxygens (including phenoxy) is 3. The molecule has 1 amide bonds. The number of thioether (sulfide) groups is 1. The van der Waals surface area contributed by atoms with Crippen LogP contribution in [0.5, 0.6) is 0 Å². The van der Waals surface area contributed by atoms with E-state index in [1.165, 1.54) is 64.2 Å². The van der Waals surface area contributed by atoms with Gasteiger partial charge in [-0.15, -0.1) is 19.3 Å². The van der Waals surface area contributed by atoms with Crippen LogP contribution in [-0.2, 0) is 19.0 Å². The summed E-state index contributed by atoms with van der Waals surface area (Å²) in [5.41, 5.74) is -0.900. The maximum absolute atomic E-state index is 12.6. The Kier molecular flexibility index (Phi) is 23.3. The predicted octanol–water partition coefficient (Wildman–Crippen LogP) is 4.84. The minimum atomic E-state index is -0.900. The van der Waals surface area contributed by atoms with Crippen LogP contribution in [0.15, 0.2) is 0 Å². The van der Waals surface area contributed by atoms with E-state index in [4.69, 9.17) is 33.5 Å². The molecule has 5 nitrogen and oxygen atoms in total. The first-order valence-electron chi connectivity index (χ1n) is 12.6. The van der Waals surface area contributed by atoms with Gasteiger partial charge in [-0.1, -0.05) is 82.5 Å². The summed E-state index contributed by atoms with van der Waals surface area (Å²) in [6, 6.07) is 0. The maximum atomic E-state index is 12.6. The first kappa shape index (κ1) is 32.4. The second-order valence-electron chi connectivity index (χ2n) is 8.46. The topological polar surface area (TPSA) is 56.8 Å². The molecular weight excluding hydrogens is 446 g/mol. The lowest BCUT2D eigenvalue weighted by molar-refractivity contribution is -0.126. The van der Waals surface area contributed by atoms with Crippen LogP contribution in [0.1, 0.15) is 77.6 Å². The highest BCUT2D eigenvalue weighted by Gasteiger charge is 2.33. The third-order valence-corrected chi connectivity index (χ3v) is 6.28. The van der Waals surface area contributed by atoms with Crippen LogP contribution in [0.2, 0.25) is 0 Å². The van der Waals surface area contributed by atoms with Crippen molar-refractivity contribution < 1.29 is 19.0 Å². The normalized spacial score (nSPS) is 10.9. The van der Waals surface area contributed by atoms with Crippen LogP contribution >= 0.6 is 11.8 Å². The van der Waals surface area contributed by atoms with Gasteiger partial charge in [-0.25, -0.2) is 0 Å². The summed E-state index contributed by atoms with van der Waals surface area (Å²) in [6.07, 6.45) is 29.6. The molecule has 34 heavy (non-hydrogen) atoms. The van der Waals surface area contributed by atoms with Gasteiger partial charge in [0.2, 0.25) is 5.91 Å². The molecule has 0 rings (SSSR count). The summed E-state index contributed by atoms with van der Waals surface area (Å²) < 4.78 is 16.5. The molecule has 0 bridgehead atoms. The van der Waals surface area contributed by atoms with Gasteiger partial charge >= 0.3 is 0 Å². The van der Waals surface area contributed by atoms with E-state index >= 15 is 0 Å². The summed E-state index contributed by atoms with van der Waals surface area (Å²) >= 11 is 1.82. The van der Waals surface area contributed by atoms with E-state index in [1.807, 2.05) is 11.8 Å². The molecule has 0 unspecified atom stereocenters. The number of unbranched alkanes of at least 4 members (excludes halogenated alkanes) is 9. The SMILES string of the molecule is C#CCOCC(COCC#C)(COCC#C)NC(=O)CCSCCCCCCCCCCCC. The van der Waals surface area contributed by atoms with E-state index in [9.17, 15) is 4.79 Å². The van der Waals surface area contributed by atoms with Gasteiger partial charge in [-0.05, 0) is 12.2 Å². The number of nitrogens with one attached hydrogen (secondary N) is 1. The van der Waals surface area contributed by atoms with Crippen molar-refractivity contribution in [2.24, 2.45) is 0 Å². The van der Waals surface area contributed by atoms with E-state index in [0.717, 1.165) is 11.5 Å². The molecular formula is C28H45NO4S. The van der Waals surface area contributed by atoms with Crippen LogP contribution < -0.4 is 5.32 Å². The van der Waals surface area contributed by atoms with Crippen molar-refractivity contribution in [1.29, 1.82) is 0 Å². The van der Waals surface area contributed by atoms with E-state index in [1.54, 1.807) is 0 Å². The quantitative estimate of drug-likeness (QED) is 0.155. The molecule has 0 aliphatic heterocycles. The van der Waals surface area contributed by atoms with Gasteiger partial charge in [0.1, 0.15) is 25.4 Å². The number of hydrogen-bond acceptors (Lipinski definition) is 5. The minimum absolute atomic E-state index is 0.0894. The van der Waals surface area contributed by atoms with Gasteiger partial charge in [-0.2, -0.15) is 11.8 Å². The Balaban J connectivity index is 4.23. The zero-order valence-electron chi connectivity index (χ0n) is 21.2. The number of carbonyl (C=O) groups is 1. The van der Waals surface area contributed by atoms with Crippen molar-refractivity contribution in [1.82, 2.24) is 5.32 Å². The molecule has 0 aliphatic carbocycles. The zero-order valence-corrected chi connectivity index (χ0v) is 22.0. The van der Waals surface area contributed by atoms with Crippen LogP contribution in [-0.4, -0.2) is 62.6 Å². The lowest BCUT2D eigenvalue weighted by Gasteiger charge is -2.33. The third kappa shape index (κ3) is 19.8. The smallest absolute Gasteiger partial charge is 0.221 e. The molecule has 0 aromatic rings. The molecule has 0 saturated carbocycles. The van der Waals surface area contributed by atoms with E-state index in [2.05, 4.69) is 30.0 Å². The first-order valence-corrected chi connectivity index (χ1v) is 13.7. The van der Waals surface area contributed by atoms with Gasteiger partial charge in [0.05, 0.1) is 19.8 Å². The van der Waals surface area contributed by atoms with Crippen molar-refractivity contribution in [2.75, 3.05) is 51.1 Å². The predicted molar refractivity (Wildman–Crippen MR) is 144 cm³/mol. The highest BCUT2D eigenvalue weighted by atomic mass is 32.2. The van der Waals surface area contributed by atoms with Crippen molar-refractivity contribution in [3.05, 3.63) is 0 Å². The Hall–Kier alpha value is -1.62. The molecule has 0 fully saturated rings. The van der Waals surface area contributed by atoms with Gasteiger partial charge in [0, 0.05) is 12.2 Å². The molecule has 0 radical (unpaired) electrons. The molecule has 0 aliphatic rings. The molecule has 0 spiro atoms. The summed E-state index contributed by atoms with van der Waals surface area (Å²) in [5, 5.41) is 3.02. The molecule has 0 aromatic carbocycles. The lowest BCUT2D eigenvalue weighted by atomic mass is 10.0. The molecule has 0 aromatic heterocycles. The fourth-order valence-corrected chi connectivity index (χ4v) is 4.41. The van der Waals surface area contributed by atoms with Crippen molar-refractivity contribution in [2.45, 2.75) is 83.1 Å². The zero-order chi connectivity index (χ0) is 25.2. The Labute approximate surface area is 213 Å². The van der Waals surface area contributed by atoms with Gasteiger partial charge in [0.15, 0.2) is 0 Å². The van der Waals surface area contributed by atoms with Crippen LogP contribution in [0.25, 0.3) is 0 Å². The molecule has 1 N–H and O–H groups in total. The van der Waals surface area contributed by atoms with Gasteiger partial charge < -0.3 is 19.5 Å². The average molecular weight is 492 g/mol. The van der Waals surface area contributed by atoms with Crippen LogP contribution in [0, 0.1) is 37.0 Å². The molecule has 0 heterocycles. The number of rotatable bonds is 24. The largest absolute Gasteiger partial charge is 0.366 e. The monoisotopic (exact) mass is 491 g/mol. The first-order chi connectivity index (χ1) is 16.6. The van der Waals surface area contributed by atoms with Gasteiger partial charge in [0.25, 0.3) is 0 Å². The summed E-state index contributed by atoms with van der Waals surface area (Å²) in [7, 11) is 0. The Morgan fingerprint density at radius 3 is 1.62 bits per heavy atom. The van der Waals surface area contributed by atoms with Crippen LogP contribution in [0.3, 0.4) is 0 Å². The molecule has 192 valence electrons. The van der Waals surface area contributed by atoms with Gasteiger partial charge in [-0.3, -0.25) is 4.79 Å². The summed E-state index contributed by atoms with van der Waals surface area (Å²) in [4.78, 5) is 12.6. The minimum Gasteiger partial charge on any atom is -0.366 e. The summed E-state index contributed by atoms with van der Waals surface area (Å²) in [6.45, 7) is 3.05. The van der Waals surface area contributed by atoms with Crippen LogP contribution in [0.4, 0.5) is 0 Å². The number of hydrogen-bond donors (Lipinski definition) is 1. The Morgan fingerprint density at radius 2 is 1.18 bits per heavy atom. The maximum Gasteiger partial charge on any atom is 0.221 e. The lowest BCUT2D eigenvalue weighted by Crippen LogP contribution is -2.58. The Morgan fingerprint density at radius 1 is 0.735 bits per heavy atom.